The molecule has 1 heterocycles. The summed E-state index contributed by atoms with van der Waals surface area (Å²) in [5.74, 6) is 0.719. The van der Waals surface area contributed by atoms with E-state index in [1.165, 1.54) is 11.1 Å². The maximum Gasteiger partial charge on any atom is 0.193 e. The van der Waals surface area contributed by atoms with E-state index in [-0.39, 0.29) is 11.8 Å². The zero-order valence-electron chi connectivity index (χ0n) is 18.4. The fraction of sp³-hybridized carbons (Fsp3) is 0.185. The zero-order chi connectivity index (χ0) is 22.7. The lowest BCUT2D eigenvalue weighted by Crippen LogP contribution is -2.44. The first kappa shape index (κ1) is 21.8. The second-order valence-electron chi connectivity index (χ2n) is 8.06. The second kappa shape index (κ2) is 9.37. The van der Waals surface area contributed by atoms with Gasteiger partial charge in [0.2, 0.25) is 0 Å². The number of allylic oxidation sites excluding steroid dienone is 1. The molecule has 0 aromatic heterocycles. The first-order valence-electron chi connectivity index (χ1n) is 10.6. The van der Waals surface area contributed by atoms with Gasteiger partial charge in [0.1, 0.15) is 12.4 Å². The molecule has 4 nitrogen and oxygen atoms in total. The molecule has 1 unspecified atom stereocenters. The fourth-order valence-corrected chi connectivity index (χ4v) is 4.16. The van der Waals surface area contributed by atoms with E-state index in [0.717, 1.165) is 22.6 Å². The van der Waals surface area contributed by atoms with Gasteiger partial charge in [-0.25, -0.2) is 0 Å². The molecule has 32 heavy (non-hydrogen) atoms. The van der Waals surface area contributed by atoms with E-state index < -0.39 is 0 Å². The number of rotatable bonds is 6. The summed E-state index contributed by atoms with van der Waals surface area (Å²) < 4.78 is 6.12. The molecule has 0 bridgehead atoms. The van der Waals surface area contributed by atoms with Crippen LogP contribution in [0, 0.1) is 13.8 Å². The van der Waals surface area contributed by atoms with Crippen LogP contribution in [-0.2, 0) is 6.61 Å². The quantitative estimate of drug-likeness (QED) is 0.387. The summed E-state index contributed by atoms with van der Waals surface area (Å²) in [6.07, 6.45) is 0. The smallest absolute Gasteiger partial charge is 0.193 e. The number of nitrogens with one attached hydrogen (secondary N) is 2. The molecule has 4 rings (SSSR count). The van der Waals surface area contributed by atoms with Gasteiger partial charge in [0.15, 0.2) is 10.9 Å². The molecule has 1 aliphatic heterocycles. The van der Waals surface area contributed by atoms with Gasteiger partial charge in [-0.15, -0.1) is 0 Å². The third-order valence-electron chi connectivity index (χ3n) is 5.64. The minimum atomic E-state index is -0.360. The first-order chi connectivity index (χ1) is 15.4. The number of carbonyl (C=O) groups is 1. The van der Waals surface area contributed by atoms with Crippen LogP contribution in [0.3, 0.4) is 0 Å². The normalized spacial score (nSPS) is 15.7. The number of ketones is 1. The van der Waals surface area contributed by atoms with Gasteiger partial charge in [-0.2, -0.15) is 0 Å². The van der Waals surface area contributed by atoms with Gasteiger partial charge in [-0.3, -0.25) is 4.79 Å². The molecule has 2 N–H and O–H groups in total. The van der Waals surface area contributed by atoms with Gasteiger partial charge in [-0.1, -0.05) is 66.2 Å². The third-order valence-corrected chi connectivity index (χ3v) is 5.86. The molecule has 0 aliphatic carbocycles. The Kier molecular flexibility index (Phi) is 6.37. The Morgan fingerprint density at radius 1 is 0.969 bits per heavy atom. The Bertz CT molecular complexity index is 1200. The molecule has 1 atom stereocenters. The van der Waals surface area contributed by atoms with E-state index in [1.807, 2.05) is 61.5 Å². The molecule has 0 saturated heterocycles. The largest absolute Gasteiger partial charge is 0.489 e. The Balaban J connectivity index is 1.62. The highest BCUT2D eigenvalue weighted by molar-refractivity contribution is 7.80. The van der Waals surface area contributed by atoms with E-state index in [4.69, 9.17) is 17.0 Å². The van der Waals surface area contributed by atoms with Crippen LogP contribution in [-0.4, -0.2) is 10.9 Å². The summed E-state index contributed by atoms with van der Waals surface area (Å²) in [4.78, 5) is 13.4. The number of carbonyl (C=O) groups excluding carboxylic acids is 1. The Morgan fingerprint density at radius 3 is 2.53 bits per heavy atom. The van der Waals surface area contributed by atoms with Gasteiger partial charge >= 0.3 is 0 Å². The molecule has 0 radical (unpaired) electrons. The lowest BCUT2D eigenvalue weighted by atomic mass is 9.89. The van der Waals surface area contributed by atoms with Gasteiger partial charge in [0.25, 0.3) is 0 Å². The van der Waals surface area contributed by atoms with Crippen molar-refractivity contribution in [2.45, 2.75) is 33.4 Å². The number of aryl methyl sites for hydroxylation is 2. The molecule has 3 aromatic carbocycles. The maximum absolute atomic E-state index is 13.4. The van der Waals surface area contributed by atoms with Crippen molar-refractivity contribution in [2.75, 3.05) is 0 Å². The Morgan fingerprint density at radius 2 is 1.75 bits per heavy atom. The van der Waals surface area contributed by atoms with Crippen LogP contribution in [0.2, 0.25) is 0 Å². The van der Waals surface area contributed by atoms with Crippen LogP contribution in [0.25, 0.3) is 0 Å². The van der Waals surface area contributed by atoms with Crippen molar-refractivity contribution in [3.63, 3.8) is 0 Å². The number of ether oxygens (including phenoxy) is 1. The number of hydrogen-bond acceptors (Lipinski definition) is 3. The predicted molar refractivity (Wildman–Crippen MR) is 132 cm³/mol. The molecular formula is C27H26N2O2S. The topological polar surface area (TPSA) is 50.4 Å². The van der Waals surface area contributed by atoms with Crippen LogP contribution < -0.4 is 15.4 Å². The number of hydrogen-bond donors (Lipinski definition) is 2. The van der Waals surface area contributed by atoms with Crippen molar-refractivity contribution < 1.29 is 9.53 Å². The van der Waals surface area contributed by atoms with Crippen molar-refractivity contribution >= 4 is 23.1 Å². The van der Waals surface area contributed by atoms with Crippen LogP contribution >= 0.6 is 12.2 Å². The minimum Gasteiger partial charge on any atom is -0.489 e. The van der Waals surface area contributed by atoms with Crippen LogP contribution in [0.5, 0.6) is 5.75 Å². The molecule has 3 aromatic rings. The molecule has 0 saturated carbocycles. The maximum atomic E-state index is 13.4. The standard InChI is InChI=1S/C27H26N2O2S/c1-17-12-13-18(2)22(14-17)16-31-23-11-7-10-21(15-23)25-24(19(3)28-27(32)29-25)26(30)20-8-5-4-6-9-20/h4-15,25H,16H2,1-3H3,(H2,28,29,32). The van der Waals surface area contributed by atoms with Crippen molar-refractivity contribution in [3.05, 3.63) is 112 Å². The van der Waals surface area contributed by atoms with Gasteiger partial charge < -0.3 is 15.4 Å². The van der Waals surface area contributed by atoms with Crippen molar-refractivity contribution in [3.8, 4) is 5.75 Å². The molecular weight excluding hydrogens is 416 g/mol. The summed E-state index contributed by atoms with van der Waals surface area (Å²) in [5, 5.41) is 6.87. The number of thiocarbonyl (C=S) groups is 1. The van der Waals surface area contributed by atoms with Crippen molar-refractivity contribution in [2.24, 2.45) is 0 Å². The zero-order valence-corrected chi connectivity index (χ0v) is 19.3. The van der Waals surface area contributed by atoms with Gasteiger partial charge in [-0.05, 0) is 61.8 Å². The van der Waals surface area contributed by atoms with E-state index in [1.54, 1.807) is 0 Å². The Hall–Kier alpha value is -3.44. The molecule has 162 valence electrons. The SMILES string of the molecule is CC1=C(C(=O)c2ccccc2)C(c2cccc(OCc3cc(C)ccc3C)c2)NC(=S)N1. The Labute approximate surface area is 194 Å². The lowest BCUT2D eigenvalue weighted by molar-refractivity contribution is 0.102. The van der Waals surface area contributed by atoms with E-state index in [2.05, 4.69) is 42.7 Å². The minimum absolute atomic E-state index is 0.0303. The highest BCUT2D eigenvalue weighted by Crippen LogP contribution is 2.31. The average molecular weight is 443 g/mol. The van der Waals surface area contributed by atoms with E-state index >= 15 is 0 Å². The summed E-state index contributed by atoms with van der Waals surface area (Å²) in [6, 6.07) is 23.1. The highest BCUT2D eigenvalue weighted by Gasteiger charge is 2.30. The molecule has 5 heteroatoms. The van der Waals surface area contributed by atoms with Gasteiger partial charge in [0.05, 0.1) is 6.04 Å². The summed E-state index contributed by atoms with van der Waals surface area (Å²) in [6.45, 7) is 6.54. The second-order valence-corrected chi connectivity index (χ2v) is 8.46. The molecule has 0 spiro atoms. The molecule has 1 aliphatic rings. The van der Waals surface area contributed by atoms with E-state index in [0.29, 0.717) is 22.9 Å². The lowest BCUT2D eigenvalue weighted by Gasteiger charge is -2.30. The average Bonchev–Trinajstić information content (AvgIpc) is 2.79. The van der Waals surface area contributed by atoms with Crippen LogP contribution in [0.1, 0.15) is 45.6 Å². The summed E-state index contributed by atoms with van der Waals surface area (Å²) in [5.41, 5.74) is 6.54. The van der Waals surface area contributed by atoms with E-state index in [9.17, 15) is 4.79 Å². The third kappa shape index (κ3) is 4.73. The monoisotopic (exact) mass is 442 g/mol. The van der Waals surface area contributed by atoms with Gasteiger partial charge in [0, 0.05) is 16.8 Å². The number of Topliss-reactive ketones (excluding diaryl/α,β-unsaturated/α-hetero) is 1. The summed E-state index contributed by atoms with van der Waals surface area (Å²) >= 11 is 5.39. The molecule has 0 amide bonds. The first-order valence-corrected chi connectivity index (χ1v) is 11.0. The fourth-order valence-electron chi connectivity index (χ4n) is 3.89. The predicted octanol–water partition coefficient (Wildman–Crippen LogP) is 5.56. The van der Waals surface area contributed by atoms with Crippen molar-refractivity contribution in [1.29, 1.82) is 0 Å². The van der Waals surface area contributed by atoms with Crippen LogP contribution in [0.4, 0.5) is 0 Å². The number of benzene rings is 3. The highest BCUT2D eigenvalue weighted by atomic mass is 32.1. The molecule has 0 fully saturated rings. The van der Waals surface area contributed by atoms with Crippen molar-refractivity contribution in [1.82, 2.24) is 10.6 Å². The van der Waals surface area contributed by atoms with Crippen LogP contribution in [0.15, 0.2) is 84.1 Å². The summed E-state index contributed by atoms with van der Waals surface area (Å²) in [7, 11) is 0.